The number of rotatable bonds is 6. The summed E-state index contributed by atoms with van der Waals surface area (Å²) >= 11 is 13.7. The fourth-order valence-corrected chi connectivity index (χ4v) is 3.28. The van der Waals surface area contributed by atoms with Crippen molar-refractivity contribution >= 4 is 35.0 Å². The molecule has 0 saturated heterocycles. The van der Waals surface area contributed by atoms with Crippen molar-refractivity contribution in [1.82, 2.24) is 14.8 Å². The minimum atomic E-state index is 0.378. The van der Waals surface area contributed by atoms with Gasteiger partial charge < -0.3 is 4.57 Å². The van der Waals surface area contributed by atoms with Gasteiger partial charge in [-0.3, -0.25) is 0 Å². The molecule has 0 aliphatic heterocycles. The fraction of sp³-hybridized carbons (Fsp3) is 0.467. The first kappa shape index (κ1) is 16.7. The van der Waals surface area contributed by atoms with Crippen molar-refractivity contribution in [3.8, 4) is 0 Å². The lowest BCUT2D eigenvalue weighted by Gasteiger charge is -2.10. The van der Waals surface area contributed by atoms with Gasteiger partial charge in [0, 0.05) is 18.2 Å². The van der Waals surface area contributed by atoms with E-state index in [1.807, 2.05) is 18.2 Å². The van der Waals surface area contributed by atoms with Crippen LogP contribution in [0.15, 0.2) is 23.4 Å². The summed E-state index contributed by atoms with van der Waals surface area (Å²) in [4.78, 5) is 0. The van der Waals surface area contributed by atoms with Gasteiger partial charge in [0.1, 0.15) is 5.82 Å². The van der Waals surface area contributed by atoms with Crippen molar-refractivity contribution < 1.29 is 0 Å². The van der Waals surface area contributed by atoms with Gasteiger partial charge in [0.2, 0.25) is 0 Å². The smallest absolute Gasteiger partial charge is 0.191 e. The van der Waals surface area contributed by atoms with Crippen molar-refractivity contribution in [2.45, 2.75) is 50.6 Å². The highest BCUT2D eigenvalue weighted by atomic mass is 35.5. The van der Waals surface area contributed by atoms with Crippen LogP contribution < -0.4 is 0 Å². The maximum Gasteiger partial charge on any atom is 0.191 e. The molecule has 1 heterocycles. The van der Waals surface area contributed by atoms with E-state index in [1.165, 1.54) is 0 Å². The molecule has 21 heavy (non-hydrogen) atoms. The molecule has 1 aromatic heterocycles. The second kappa shape index (κ2) is 7.52. The molecule has 0 radical (unpaired) electrons. The second-order valence-electron chi connectivity index (χ2n) is 5.18. The summed E-state index contributed by atoms with van der Waals surface area (Å²) in [5.41, 5.74) is 1.13. The third-order valence-electron chi connectivity index (χ3n) is 3.06. The Hall–Kier alpha value is -0.710. The SMILES string of the molecule is CCCn1c(SCc2ccc(Cl)c(Cl)c2)nnc1C(C)C. The predicted molar refractivity (Wildman–Crippen MR) is 90.4 cm³/mol. The van der Waals surface area contributed by atoms with Crippen molar-refractivity contribution in [1.29, 1.82) is 0 Å². The topological polar surface area (TPSA) is 30.7 Å². The van der Waals surface area contributed by atoms with E-state index < -0.39 is 0 Å². The largest absolute Gasteiger partial charge is 0.306 e. The summed E-state index contributed by atoms with van der Waals surface area (Å²) in [6, 6.07) is 5.72. The normalized spacial score (nSPS) is 11.3. The molecule has 0 atom stereocenters. The average molecular weight is 344 g/mol. The van der Waals surface area contributed by atoms with Crippen LogP contribution in [-0.2, 0) is 12.3 Å². The molecule has 2 aromatic rings. The molecular weight excluding hydrogens is 325 g/mol. The van der Waals surface area contributed by atoms with E-state index in [0.717, 1.165) is 35.3 Å². The first-order chi connectivity index (χ1) is 10.0. The molecule has 0 N–H and O–H groups in total. The molecule has 0 unspecified atom stereocenters. The molecule has 1 aromatic carbocycles. The van der Waals surface area contributed by atoms with Crippen LogP contribution in [0, 0.1) is 0 Å². The fourth-order valence-electron chi connectivity index (χ4n) is 2.04. The average Bonchev–Trinajstić information content (AvgIpc) is 2.84. The maximum atomic E-state index is 6.05. The van der Waals surface area contributed by atoms with E-state index in [2.05, 4.69) is 35.5 Å². The monoisotopic (exact) mass is 343 g/mol. The summed E-state index contributed by atoms with van der Waals surface area (Å²) in [5.74, 6) is 2.23. The Labute approximate surface area is 140 Å². The van der Waals surface area contributed by atoms with E-state index in [9.17, 15) is 0 Å². The summed E-state index contributed by atoms with van der Waals surface area (Å²) in [6.07, 6.45) is 1.07. The molecule has 0 spiro atoms. The summed E-state index contributed by atoms with van der Waals surface area (Å²) in [5, 5.41) is 10.8. The number of aromatic nitrogens is 3. The van der Waals surface area contributed by atoms with Gasteiger partial charge in [-0.05, 0) is 24.1 Å². The molecule has 0 saturated carbocycles. The standard InChI is InChI=1S/C15H19Cl2N3S/c1-4-7-20-14(10(2)3)18-19-15(20)21-9-11-5-6-12(16)13(17)8-11/h5-6,8,10H,4,7,9H2,1-3H3. The van der Waals surface area contributed by atoms with E-state index in [-0.39, 0.29) is 0 Å². The highest BCUT2D eigenvalue weighted by Crippen LogP contribution is 2.28. The first-order valence-electron chi connectivity index (χ1n) is 7.02. The molecule has 2 rings (SSSR count). The number of thioether (sulfide) groups is 1. The Morgan fingerprint density at radius 3 is 2.57 bits per heavy atom. The third kappa shape index (κ3) is 4.15. The van der Waals surface area contributed by atoms with Crippen LogP contribution in [0.4, 0.5) is 0 Å². The molecular formula is C15H19Cl2N3S. The maximum absolute atomic E-state index is 6.05. The van der Waals surface area contributed by atoms with Gasteiger partial charge >= 0.3 is 0 Å². The molecule has 0 amide bonds. The first-order valence-corrected chi connectivity index (χ1v) is 8.77. The van der Waals surface area contributed by atoms with Gasteiger partial charge in [-0.2, -0.15) is 0 Å². The highest BCUT2D eigenvalue weighted by Gasteiger charge is 2.14. The van der Waals surface area contributed by atoms with Crippen LogP contribution in [0.3, 0.4) is 0 Å². The number of hydrogen-bond donors (Lipinski definition) is 0. The van der Waals surface area contributed by atoms with Crippen LogP contribution >= 0.6 is 35.0 Å². The van der Waals surface area contributed by atoms with Gasteiger partial charge in [-0.25, -0.2) is 0 Å². The molecule has 6 heteroatoms. The Morgan fingerprint density at radius 2 is 1.95 bits per heavy atom. The zero-order valence-corrected chi connectivity index (χ0v) is 14.8. The summed E-state index contributed by atoms with van der Waals surface area (Å²) in [7, 11) is 0. The highest BCUT2D eigenvalue weighted by molar-refractivity contribution is 7.98. The molecule has 3 nitrogen and oxygen atoms in total. The predicted octanol–water partition coefficient (Wildman–Crippen LogP) is 5.41. The zero-order valence-electron chi connectivity index (χ0n) is 12.4. The zero-order chi connectivity index (χ0) is 15.4. The summed E-state index contributed by atoms with van der Waals surface area (Å²) < 4.78 is 2.22. The second-order valence-corrected chi connectivity index (χ2v) is 6.94. The minimum absolute atomic E-state index is 0.378. The van der Waals surface area contributed by atoms with Crippen molar-refractivity contribution in [3.63, 3.8) is 0 Å². The molecule has 0 fully saturated rings. The van der Waals surface area contributed by atoms with E-state index in [4.69, 9.17) is 23.2 Å². The molecule has 0 aliphatic rings. The quantitative estimate of drug-likeness (QED) is 0.657. The van der Waals surface area contributed by atoms with Crippen LogP contribution in [0.5, 0.6) is 0 Å². The third-order valence-corrected chi connectivity index (χ3v) is 4.84. The molecule has 114 valence electrons. The number of benzene rings is 1. The van der Waals surface area contributed by atoms with Crippen LogP contribution in [0.25, 0.3) is 0 Å². The van der Waals surface area contributed by atoms with Crippen molar-refractivity contribution in [3.05, 3.63) is 39.6 Å². The molecule has 0 aliphatic carbocycles. The number of halogens is 2. The van der Waals surface area contributed by atoms with Crippen LogP contribution in [0.1, 0.15) is 44.5 Å². The Morgan fingerprint density at radius 1 is 1.19 bits per heavy atom. The number of hydrogen-bond acceptors (Lipinski definition) is 3. The van der Waals surface area contributed by atoms with Gasteiger partial charge in [0.05, 0.1) is 10.0 Å². The lowest BCUT2D eigenvalue weighted by Crippen LogP contribution is -2.06. The Bertz CT molecular complexity index is 611. The van der Waals surface area contributed by atoms with Crippen molar-refractivity contribution in [2.24, 2.45) is 0 Å². The van der Waals surface area contributed by atoms with Gasteiger partial charge in [0.25, 0.3) is 0 Å². The van der Waals surface area contributed by atoms with Crippen LogP contribution in [-0.4, -0.2) is 14.8 Å². The van der Waals surface area contributed by atoms with Crippen molar-refractivity contribution in [2.75, 3.05) is 0 Å². The van der Waals surface area contributed by atoms with Gasteiger partial charge in [-0.1, -0.05) is 61.8 Å². The minimum Gasteiger partial charge on any atom is -0.306 e. The lowest BCUT2D eigenvalue weighted by atomic mass is 10.2. The Kier molecular flexibility index (Phi) is 5.97. The molecule has 0 bridgehead atoms. The van der Waals surface area contributed by atoms with E-state index in [1.54, 1.807) is 11.8 Å². The lowest BCUT2D eigenvalue weighted by molar-refractivity contribution is 0.572. The summed E-state index contributed by atoms with van der Waals surface area (Å²) in [6.45, 7) is 7.40. The van der Waals surface area contributed by atoms with E-state index >= 15 is 0 Å². The van der Waals surface area contributed by atoms with Gasteiger partial charge in [0.15, 0.2) is 5.16 Å². The Balaban J connectivity index is 2.13. The van der Waals surface area contributed by atoms with Crippen LogP contribution in [0.2, 0.25) is 10.0 Å². The van der Waals surface area contributed by atoms with E-state index in [0.29, 0.717) is 16.0 Å². The number of nitrogens with zero attached hydrogens (tertiary/aromatic N) is 3. The van der Waals surface area contributed by atoms with Gasteiger partial charge in [-0.15, -0.1) is 10.2 Å².